The van der Waals surface area contributed by atoms with E-state index in [2.05, 4.69) is 42.5 Å². The molecule has 300 valence electrons. The number of hydrogen-bond donors (Lipinski definition) is 0. The van der Waals surface area contributed by atoms with E-state index in [1.165, 1.54) is 9.13 Å². The van der Waals surface area contributed by atoms with E-state index in [9.17, 15) is 0 Å². The molecule has 10 nitrogen and oxygen atoms in total. The van der Waals surface area contributed by atoms with E-state index in [-0.39, 0.29) is 17.8 Å². The fourth-order valence-electron chi connectivity index (χ4n) is 13.0. The second-order valence-electron chi connectivity index (χ2n) is 17.2. The maximum Gasteiger partial charge on any atom is 0.353 e. The standard InChI is InChI=1S/C52H38N6O4/c59-46-53(38-27-15-5-16-28-38)48(61)57-51(34-19-7-1-8-20-34,35-21-9-2-10-22-35)42-33-41-43(44(42)55(46)57)40-31-32-50(41)45(40)56-47(60)54(39-29-17-6-18-30-39)49(62)58(56)52(50,36-23-11-3-12-24-36)37-25-13-4-14-26-37/h1-33,40-41,43-45H/t40-,41+,43+,44-,45+,50-/m1/s1. The molecule has 10 heteroatoms. The number of benzene rings is 6. The van der Waals surface area contributed by atoms with E-state index >= 15 is 19.2 Å². The molecule has 0 radical (unpaired) electrons. The molecular weight excluding hydrogens is 773 g/mol. The van der Waals surface area contributed by atoms with Crippen LogP contribution in [0.3, 0.4) is 0 Å². The normalized spacial score (nSPS) is 24.9. The molecule has 0 spiro atoms. The summed E-state index contributed by atoms with van der Waals surface area (Å²) in [5, 5.41) is 0. The van der Waals surface area contributed by atoms with Gasteiger partial charge in [0.25, 0.3) is 0 Å². The predicted octanol–water partition coefficient (Wildman–Crippen LogP) is 6.67. The van der Waals surface area contributed by atoms with Gasteiger partial charge in [0.15, 0.2) is 0 Å². The van der Waals surface area contributed by atoms with Crippen molar-refractivity contribution in [2.45, 2.75) is 23.2 Å². The summed E-state index contributed by atoms with van der Waals surface area (Å²) in [5.41, 5.74) is 0.312. The molecule has 2 aliphatic heterocycles. The van der Waals surface area contributed by atoms with E-state index in [1.807, 2.05) is 133 Å². The van der Waals surface area contributed by atoms with Crippen molar-refractivity contribution in [2.24, 2.45) is 23.2 Å². The topological polar surface area (TPSA) is 97.9 Å². The van der Waals surface area contributed by atoms with Crippen molar-refractivity contribution in [3.63, 3.8) is 0 Å². The van der Waals surface area contributed by atoms with Gasteiger partial charge in [-0.15, -0.1) is 0 Å². The molecule has 0 unspecified atom stereocenters. The minimum atomic E-state index is -1.22. The van der Waals surface area contributed by atoms with Gasteiger partial charge in [-0.1, -0.05) is 176 Å². The van der Waals surface area contributed by atoms with Gasteiger partial charge in [-0.05, 0) is 58.0 Å². The Balaban J connectivity index is 1.17. The van der Waals surface area contributed by atoms with Crippen LogP contribution in [0.15, 0.2) is 225 Å². The molecule has 1 fully saturated rings. The van der Waals surface area contributed by atoms with Gasteiger partial charge >= 0.3 is 22.8 Å². The van der Waals surface area contributed by atoms with Crippen LogP contribution in [0.5, 0.6) is 0 Å². The van der Waals surface area contributed by atoms with Gasteiger partial charge in [0.2, 0.25) is 0 Å². The summed E-state index contributed by atoms with van der Waals surface area (Å²) < 4.78 is 9.53. The van der Waals surface area contributed by atoms with E-state index in [0.717, 1.165) is 27.8 Å². The van der Waals surface area contributed by atoms with Crippen molar-refractivity contribution in [1.29, 1.82) is 0 Å². The highest BCUT2D eigenvalue weighted by Gasteiger charge is 2.80. The molecule has 62 heavy (non-hydrogen) atoms. The monoisotopic (exact) mass is 810 g/mol. The SMILES string of the molecule is O=c1n(-c2ccccc2)c(=O)n2n1[C@@H]1C(=C[C@H]3[C@@H]1[C@H]1C=C[C@]34[C@H]1n1c(=O)n(-c3ccccc3)c(=O)n1C4(c1ccccc1)c1ccccc1)C2(c1ccccc1)c1ccccc1. The Kier molecular flexibility index (Phi) is 6.90. The van der Waals surface area contributed by atoms with Crippen LogP contribution < -0.4 is 22.8 Å². The number of para-hydroxylation sites is 2. The lowest BCUT2D eigenvalue weighted by Crippen LogP contribution is -2.54. The van der Waals surface area contributed by atoms with Crippen LogP contribution in [-0.4, -0.2) is 27.9 Å². The summed E-state index contributed by atoms with van der Waals surface area (Å²) in [7, 11) is 0. The Bertz CT molecular complexity index is 3340. The van der Waals surface area contributed by atoms with Crippen LogP contribution in [-0.2, 0) is 11.1 Å². The van der Waals surface area contributed by atoms with Crippen LogP contribution in [0.4, 0.5) is 0 Å². The third kappa shape index (κ3) is 3.84. The molecule has 6 aromatic carbocycles. The van der Waals surface area contributed by atoms with Gasteiger partial charge in [0, 0.05) is 11.8 Å². The third-order valence-electron chi connectivity index (χ3n) is 14.9. The quantitative estimate of drug-likeness (QED) is 0.176. The zero-order valence-corrected chi connectivity index (χ0v) is 33.3. The summed E-state index contributed by atoms with van der Waals surface area (Å²) >= 11 is 0. The first-order valence-corrected chi connectivity index (χ1v) is 21.2. The van der Waals surface area contributed by atoms with Crippen molar-refractivity contribution >= 4 is 0 Å². The minimum absolute atomic E-state index is 0.285. The number of fused-ring (bicyclic) bond motifs is 7. The Morgan fingerprint density at radius 3 is 1.34 bits per heavy atom. The first kappa shape index (κ1) is 35.1. The minimum Gasteiger partial charge on any atom is -0.245 e. The number of hydrogen-bond acceptors (Lipinski definition) is 4. The van der Waals surface area contributed by atoms with Crippen LogP contribution in [0, 0.1) is 23.2 Å². The van der Waals surface area contributed by atoms with Gasteiger partial charge in [0.05, 0.1) is 28.9 Å². The second kappa shape index (κ2) is 12.2. The van der Waals surface area contributed by atoms with Crippen molar-refractivity contribution < 1.29 is 0 Å². The van der Waals surface area contributed by atoms with E-state index in [1.54, 1.807) is 43.0 Å². The lowest BCUT2D eigenvalue weighted by Gasteiger charge is -2.47. The molecule has 13 rings (SSSR count). The zero-order valence-electron chi connectivity index (χ0n) is 33.3. The number of nitrogens with zero attached hydrogens (tertiary/aromatic N) is 6. The van der Waals surface area contributed by atoms with Crippen molar-refractivity contribution in [2.75, 3.05) is 0 Å². The first-order valence-electron chi connectivity index (χ1n) is 21.2. The number of rotatable bonds is 6. The Labute approximate surface area is 354 Å². The van der Waals surface area contributed by atoms with Crippen LogP contribution in [0.2, 0.25) is 0 Å². The van der Waals surface area contributed by atoms with Crippen LogP contribution >= 0.6 is 0 Å². The van der Waals surface area contributed by atoms with Crippen molar-refractivity contribution in [3.8, 4) is 11.4 Å². The number of allylic oxidation sites excluding steroid dienone is 4. The summed E-state index contributed by atoms with van der Waals surface area (Å²) in [6, 6.07) is 57.4. The lowest BCUT2D eigenvalue weighted by molar-refractivity contribution is 0.145. The van der Waals surface area contributed by atoms with Gasteiger partial charge in [-0.2, -0.15) is 0 Å². The molecule has 4 heterocycles. The fraction of sp³-hybridized carbons (Fsp3) is 0.154. The zero-order chi connectivity index (χ0) is 41.5. The molecular formula is C52H38N6O4. The van der Waals surface area contributed by atoms with Gasteiger partial charge in [-0.3, -0.25) is 0 Å². The van der Waals surface area contributed by atoms with Gasteiger partial charge in [-0.25, -0.2) is 47.0 Å². The predicted molar refractivity (Wildman–Crippen MR) is 235 cm³/mol. The Morgan fingerprint density at radius 1 is 0.435 bits per heavy atom. The van der Waals surface area contributed by atoms with Gasteiger partial charge in [0.1, 0.15) is 11.1 Å². The Morgan fingerprint density at radius 2 is 0.855 bits per heavy atom. The molecule has 0 saturated heterocycles. The molecule has 3 aliphatic carbocycles. The molecule has 0 N–H and O–H groups in total. The van der Waals surface area contributed by atoms with E-state index in [0.29, 0.717) is 11.4 Å². The van der Waals surface area contributed by atoms with Crippen molar-refractivity contribution in [3.05, 3.63) is 270 Å². The molecule has 2 aromatic heterocycles. The molecule has 6 atom stereocenters. The molecule has 8 aromatic rings. The summed E-state index contributed by atoms with van der Waals surface area (Å²) in [6.07, 6.45) is 6.85. The summed E-state index contributed by atoms with van der Waals surface area (Å²) in [4.78, 5) is 61.6. The van der Waals surface area contributed by atoms with Crippen LogP contribution in [0.25, 0.3) is 11.4 Å². The molecule has 5 aliphatic rings. The largest absolute Gasteiger partial charge is 0.353 e. The average molecular weight is 811 g/mol. The average Bonchev–Trinajstić information content (AvgIpc) is 4.16. The van der Waals surface area contributed by atoms with Crippen molar-refractivity contribution in [1.82, 2.24) is 27.9 Å². The maximum atomic E-state index is 15.5. The number of aromatic nitrogens is 6. The summed E-state index contributed by atoms with van der Waals surface area (Å²) in [5.74, 6) is -0.908. The maximum absolute atomic E-state index is 15.5. The third-order valence-corrected chi connectivity index (χ3v) is 14.9. The van der Waals surface area contributed by atoms with E-state index in [4.69, 9.17) is 0 Å². The Hall–Kier alpha value is -7.72. The summed E-state index contributed by atoms with van der Waals surface area (Å²) in [6.45, 7) is 0. The smallest absolute Gasteiger partial charge is 0.245 e. The molecule has 0 amide bonds. The highest BCUT2D eigenvalue weighted by Crippen LogP contribution is 2.78. The highest BCUT2D eigenvalue weighted by atomic mass is 16.2. The van der Waals surface area contributed by atoms with Crippen LogP contribution in [0.1, 0.15) is 34.3 Å². The fourth-order valence-corrected chi connectivity index (χ4v) is 13.0. The highest BCUT2D eigenvalue weighted by molar-refractivity contribution is 5.60. The molecule has 1 saturated carbocycles. The first-order chi connectivity index (χ1) is 30.5. The lowest BCUT2D eigenvalue weighted by atomic mass is 9.57. The van der Waals surface area contributed by atoms with E-state index < -0.39 is 51.3 Å². The second-order valence-corrected chi connectivity index (χ2v) is 17.2. The molecule has 2 bridgehead atoms. The van der Waals surface area contributed by atoms with Gasteiger partial charge < -0.3 is 0 Å².